The minimum atomic E-state index is -0.324. The number of rotatable bonds is 1. The smallest absolute Gasteiger partial charge is 0.256 e. The van der Waals surface area contributed by atoms with Gasteiger partial charge in [-0.25, -0.2) is 0 Å². The van der Waals surface area contributed by atoms with Crippen molar-refractivity contribution in [2.24, 2.45) is 0 Å². The van der Waals surface area contributed by atoms with Crippen LogP contribution in [0.25, 0.3) is 0 Å². The summed E-state index contributed by atoms with van der Waals surface area (Å²) in [7, 11) is 0. The normalized spacial score (nSPS) is 17.5. The Morgan fingerprint density at radius 3 is 3.07 bits per heavy atom. The Kier molecular flexibility index (Phi) is 2.86. The standard InChI is InChI=1S/C9H14N4O2/c14-7-6-8(15)12-9(11-7)13-4-1-2-10-3-5-13/h6,10H,1-5H2,(H2,11,12,14,15). The highest BCUT2D eigenvalue weighted by Gasteiger charge is 2.12. The maximum atomic E-state index is 11.1. The molecule has 3 N–H and O–H groups in total. The fourth-order valence-electron chi connectivity index (χ4n) is 1.64. The zero-order valence-electron chi connectivity index (χ0n) is 8.36. The summed E-state index contributed by atoms with van der Waals surface area (Å²) in [5, 5.41) is 12.5. The van der Waals surface area contributed by atoms with Gasteiger partial charge in [0.05, 0.1) is 6.07 Å². The monoisotopic (exact) mass is 210 g/mol. The van der Waals surface area contributed by atoms with Crippen LogP contribution in [0.15, 0.2) is 10.9 Å². The number of aromatic amines is 1. The molecule has 1 aromatic heterocycles. The highest BCUT2D eigenvalue weighted by atomic mass is 16.3. The first-order valence-corrected chi connectivity index (χ1v) is 5.02. The van der Waals surface area contributed by atoms with Gasteiger partial charge in [0.15, 0.2) is 0 Å². The van der Waals surface area contributed by atoms with E-state index in [1.54, 1.807) is 0 Å². The molecule has 0 spiro atoms. The molecule has 6 nitrogen and oxygen atoms in total. The molecule has 15 heavy (non-hydrogen) atoms. The molecule has 0 aromatic carbocycles. The van der Waals surface area contributed by atoms with Gasteiger partial charge >= 0.3 is 0 Å². The number of nitrogens with one attached hydrogen (secondary N) is 2. The second kappa shape index (κ2) is 4.31. The molecule has 1 saturated heterocycles. The Hall–Kier alpha value is -1.56. The van der Waals surface area contributed by atoms with Gasteiger partial charge in [0.1, 0.15) is 0 Å². The third kappa shape index (κ3) is 2.47. The van der Waals surface area contributed by atoms with E-state index in [4.69, 9.17) is 0 Å². The quantitative estimate of drug-likeness (QED) is 0.569. The molecule has 0 aliphatic carbocycles. The number of anilines is 1. The van der Waals surface area contributed by atoms with Gasteiger partial charge in [0, 0.05) is 19.6 Å². The second-order valence-electron chi connectivity index (χ2n) is 3.52. The molecule has 6 heteroatoms. The molecule has 1 aliphatic heterocycles. The zero-order chi connectivity index (χ0) is 10.7. The number of hydrogen-bond acceptors (Lipinski definition) is 5. The zero-order valence-corrected chi connectivity index (χ0v) is 8.36. The van der Waals surface area contributed by atoms with E-state index in [9.17, 15) is 9.90 Å². The van der Waals surface area contributed by atoms with Crippen molar-refractivity contribution in [3.05, 3.63) is 16.4 Å². The number of nitrogens with zero attached hydrogens (tertiary/aromatic N) is 2. The molecule has 82 valence electrons. The number of hydrogen-bond donors (Lipinski definition) is 3. The minimum Gasteiger partial charge on any atom is -0.493 e. The lowest BCUT2D eigenvalue weighted by Gasteiger charge is -2.19. The predicted octanol–water partition coefficient (Wildman–Crippen LogP) is -0.725. The van der Waals surface area contributed by atoms with E-state index in [0.29, 0.717) is 5.95 Å². The van der Waals surface area contributed by atoms with Crippen molar-refractivity contribution < 1.29 is 5.11 Å². The fraction of sp³-hybridized carbons (Fsp3) is 0.556. The third-order valence-electron chi connectivity index (χ3n) is 2.36. The Morgan fingerprint density at radius 2 is 2.27 bits per heavy atom. The van der Waals surface area contributed by atoms with Crippen LogP contribution in [-0.4, -0.2) is 41.3 Å². The van der Waals surface area contributed by atoms with Crippen LogP contribution in [0.2, 0.25) is 0 Å². The van der Waals surface area contributed by atoms with E-state index >= 15 is 0 Å². The summed E-state index contributed by atoms with van der Waals surface area (Å²) in [6.45, 7) is 3.45. The Labute approximate surface area is 87.0 Å². The summed E-state index contributed by atoms with van der Waals surface area (Å²) in [5.74, 6) is 0.217. The van der Waals surface area contributed by atoms with Gasteiger partial charge in [-0.2, -0.15) is 4.98 Å². The van der Waals surface area contributed by atoms with E-state index < -0.39 is 0 Å². The number of H-pyrrole nitrogens is 1. The van der Waals surface area contributed by atoms with Crippen LogP contribution in [0, 0.1) is 0 Å². The lowest BCUT2D eigenvalue weighted by Crippen LogP contribution is -2.30. The van der Waals surface area contributed by atoms with E-state index in [-0.39, 0.29) is 11.4 Å². The Bertz CT molecular complexity index is 382. The van der Waals surface area contributed by atoms with Crippen molar-refractivity contribution >= 4 is 5.95 Å². The summed E-state index contributed by atoms with van der Waals surface area (Å²) in [4.78, 5) is 19.6. The van der Waals surface area contributed by atoms with E-state index in [0.717, 1.165) is 38.7 Å². The highest BCUT2D eigenvalue weighted by molar-refractivity contribution is 5.31. The van der Waals surface area contributed by atoms with Gasteiger partial charge < -0.3 is 15.3 Å². The second-order valence-corrected chi connectivity index (χ2v) is 3.52. The molecule has 2 rings (SSSR count). The molecule has 1 aliphatic rings. The molecule has 0 saturated carbocycles. The maximum Gasteiger partial charge on any atom is 0.256 e. The van der Waals surface area contributed by atoms with Crippen LogP contribution in [0.3, 0.4) is 0 Å². The number of aromatic hydroxyl groups is 1. The van der Waals surface area contributed by atoms with Crippen LogP contribution in [0.4, 0.5) is 5.95 Å². The first-order chi connectivity index (χ1) is 7.25. The van der Waals surface area contributed by atoms with E-state index in [1.165, 1.54) is 0 Å². The van der Waals surface area contributed by atoms with Crippen molar-refractivity contribution in [1.82, 2.24) is 15.3 Å². The largest absolute Gasteiger partial charge is 0.493 e. The molecule has 0 radical (unpaired) electrons. The average Bonchev–Trinajstić information content (AvgIpc) is 2.43. The molecule has 1 fully saturated rings. The van der Waals surface area contributed by atoms with Gasteiger partial charge in [0.25, 0.3) is 5.56 Å². The Morgan fingerprint density at radius 1 is 1.40 bits per heavy atom. The SMILES string of the molecule is O=c1cc(O)nc(N2CCCNCC2)[nH]1. The summed E-state index contributed by atoms with van der Waals surface area (Å²) in [6.07, 6.45) is 0.999. The van der Waals surface area contributed by atoms with Gasteiger partial charge in [-0.3, -0.25) is 9.78 Å². The van der Waals surface area contributed by atoms with Gasteiger partial charge in [-0.15, -0.1) is 0 Å². The molecule has 0 amide bonds. The molecule has 2 heterocycles. The molecule has 1 aromatic rings. The summed E-state index contributed by atoms with van der Waals surface area (Å²) < 4.78 is 0. The molecular weight excluding hydrogens is 196 g/mol. The summed E-state index contributed by atoms with van der Waals surface area (Å²) in [6, 6.07) is 1.07. The lowest BCUT2D eigenvalue weighted by molar-refractivity contribution is 0.450. The molecular formula is C9H14N4O2. The lowest BCUT2D eigenvalue weighted by atomic mass is 10.4. The van der Waals surface area contributed by atoms with Crippen LogP contribution in [0.1, 0.15) is 6.42 Å². The first-order valence-electron chi connectivity index (χ1n) is 5.02. The van der Waals surface area contributed by atoms with Crippen LogP contribution in [0.5, 0.6) is 5.88 Å². The summed E-state index contributed by atoms with van der Waals surface area (Å²) >= 11 is 0. The molecule has 0 bridgehead atoms. The number of aromatic nitrogens is 2. The fourth-order valence-corrected chi connectivity index (χ4v) is 1.64. The topological polar surface area (TPSA) is 81.2 Å². The minimum absolute atomic E-state index is 0.231. The third-order valence-corrected chi connectivity index (χ3v) is 2.36. The van der Waals surface area contributed by atoms with Crippen molar-refractivity contribution in [3.63, 3.8) is 0 Å². The maximum absolute atomic E-state index is 11.1. The van der Waals surface area contributed by atoms with Crippen LogP contribution < -0.4 is 15.8 Å². The van der Waals surface area contributed by atoms with Crippen molar-refractivity contribution in [2.45, 2.75) is 6.42 Å². The van der Waals surface area contributed by atoms with Crippen LogP contribution >= 0.6 is 0 Å². The molecule has 0 unspecified atom stereocenters. The average molecular weight is 210 g/mol. The Balaban J connectivity index is 2.23. The van der Waals surface area contributed by atoms with E-state index in [1.807, 2.05) is 4.90 Å². The van der Waals surface area contributed by atoms with E-state index in [2.05, 4.69) is 15.3 Å². The predicted molar refractivity (Wildman–Crippen MR) is 56.2 cm³/mol. The summed E-state index contributed by atoms with van der Waals surface area (Å²) in [5.41, 5.74) is -0.324. The van der Waals surface area contributed by atoms with Crippen molar-refractivity contribution in [2.75, 3.05) is 31.1 Å². The molecule has 0 atom stereocenters. The highest BCUT2D eigenvalue weighted by Crippen LogP contribution is 2.09. The van der Waals surface area contributed by atoms with Gasteiger partial charge in [0.2, 0.25) is 11.8 Å². The first kappa shape index (κ1) is 9.97. The van der Waals surface area contributed by atoms with Crippen LogP contribution in [-0.2, 0) is 0 Å². The van der Waals surface area contributed by atoms with Crippen molar-refractivity contribution in [1.29, 1.82) is 0 Å². The van der Waals surface area contributed by atoms with Crippen molar-refractivity contribution in [3.8, 4) is 5.88 Å². The van der Waals surface area contributed by atoms with Gasteiger partial charge in [-0.05, 0) is 13.0 Å². The van der Waals surface area contributed by atoms with Gasteiger partial charge in [-0.1, -0.05) is 0 Å².